The third kappa shape index (κ3) is 4.76. The zero-order valence-electron chi connectivity index (χ0n) is 15.6. The van der Waals surface area contributed by atoms with E-state index in [0.29, 0.717) is 31.9 Å². The number of carbonyl (C=O) groups is 1. The van der Waals surface area contributed by atoms with Gasteiger partial charge in [-0.1, -0.05) is 17.7 Å². The predicted octanol–water partition coefficient (Wildman–Crippen LogP) is 1.40. The number of rotatable bonds is 5. The number of nitrogens with zero attached hydrogens (tertiary/aromatic N) is 2. The Labute approximate surface area is 156 Å². The first kappa shape index (κ1) is 19.2. The Balaban J connectivity index is 1.41. The molecule has 1 amide bonds. The normalized spacial score (nSPS) is 23.2. The highest BCUT2D eigenvalue weighted by Gasteiger charge is 2.34. The maximum Gasteiger partial charge on any atom is 0.226 e. The summed E-state index contributed by atoms with van der Waals surface area (Å²) in [6.45, 7) is 7.27. The second-order valence-corrected chi connectivity index (χ2v) is 9.57. The minimum Gasteiger partial charge on any atom is -0.493 e. The van der Waals surface area contributed by atoms with Crippen molar-refractivity contribution < 1.29 is 17.9 Å². The van der Waals surface area contributed by atoms with Crippen molar-refractivity contribution in [1.82, 2.24) is 9.80 Å². The first-order chi connectivity index (χ1) is 12.3. The second kappa shape index (κ2) is 7.96. The average Bonchev–Trinajstić information content (AvgIpc) is 2.97. The van der Waals surface area contributed by atoms with Crippen LogP contribution in [-0.2, 0) is 14.6 Å². The van der Waals surface area contributed by atoms with E-state index in [1.54, 1.807) is 0 Å². The lowest BCUT2D eigenvalue weighted by Gasteiger charge is -2.37. The van der Waals surface area contributed by atoms with Crippen molar-refractivity contribution in [2.45, 2.75) is 32.7 Å². The van der Waals surface area contributed by atoms with Gasteiger partial charge in [-0.3, -0.25) is 9.69 Å². The van der Waals surface area contributed by atoms with Crippen molar-refractivity contribution in [3.8, 4) is 5.75 Å². The molecule has 2 fully saturated rings. The van der Waals surface area contributed by atoms with Crippen LogP contribution >= 0.6 is 0 Å². The highest BCUT2D eigenvalue weighted by Crippen LogP contribution is 2.20. The van der Waals surface area contributed by atoms with Crippen molar-refractivity contribution in [1.29, 1.82) is 0 Å². The standard InChI is InChI=1S/C19H28N2O4S/c1-15-3-4-18(16(2)13-15)25-11-5-19(22)21-9-7-20(8-10-21)17-6-12-26(23,24)14-17/h3-4,13,17H,5-12,14H2,1-2H3. The van der Waals surface area contributed by atoms with E-state index in [4.69, 9.17) is 4.74 Å². The fourth-order valence-electron chi connectivity index (χ4n) is 3.77. The van der Waals surface area contributed by atoms with Gasteiger partial charge >= 0.3 is 0 Å². The highest BCUT2D eigenvalue weighted by molar-refractivity contribution is 7.91. The van der Waals surface area contributed by atoms with Crippen LogP contribution in [0.4, 0.5) is 0 Å². The Hall–Kier alpha value is -1.60. The summed E-state index contributed by atoms with van der Waals surface area (Å²) in [5.74, 6) is 1.50. The number of sulfone groups is 1. The van der Waals surface area contributed by atoms with Gasteiger partial charge in [0.1, 0.15) is 5.75 Å². The van der Waals surface area contributed by atoms with Gasteiger partial charge in [-0.2, -0.15) is 0 Å². The van der Waals surface area contributed by atoms with E-state index in [1.807, 2.05) is 30.9 Å². The summed E-state index contributed by atoms with van der Waals surface area (Å²) in [4.78, 5) is 16.5. The van der Waals surface area contributed by atoms with Crippen LogP contribution in [0, 0.1) is 13.8 Å². The molecular weight excluding hydrogens is 352 g/mol. The van der Waals surface area contributed by atoms with Gasteiger partial charge in [0.25, 0.3) is 0 Å². The van der Waals surface area contributed by atoms with E-state index in [2.05, 4.69) is 11.0 Å². The van der Waals surface area contributed by atoms with Gasteiger partial charge in [-0.05, 0) is 31.9 Å². The molecule has 3 rings (SSSR count). The Kier molecular flexibility index (Phi) is 5.87. The molecule has 26 heavy (non-hydrogen) atoms. The van der Waals surface area contributed by atoms with Crippen molar-refractivity contribution >= 4 is 15.7 Å². The zero-order valence-corrected chi connectivity index (χ0v) is 16.4. The Morgan fingerprint density at radius 3 is 2.54 bits per heavy atom. The molecule has 144 valence electrons. The van der Waals surface area contributed by atoms with Gasteiger partial charge in [0.15, 0.2) is 9.84 Å². The smallest absolute Gasteiger partial charge is 0.226 e. The average molecular weight is 381 g/mol. The maximum atomic E-state index is 12.4. The van der Waals surface area contributed by atoms with Gasteiger partial charge in [0.05, 0.1) is 24.5 Å². The third-order valence-electron chi connectivity index (χ3n) is 5.30. The summed E-state index contributed by atoms with van der Waals surface area (Å²) in [5, 5.41) is 0. The number of hydrogen-bond donors (Lipinski definition) is 0. The Morgan fingerprint density at radius 1 is 1.19 bits per heavy atom. The molecule has 0 saturated carbocycles. The number of carbonyl (C=O) groups excluding carboxylic acids is 1. The molecule has 0 aromatic heterocycles. The Morgan fingerprint density at radius 2 is 1.92 bits per heavy atom. The van der Waals surface area contributed by atoms with E-state index in [1.165, 1.54) is 5.56 Å². The molecule has 1 atom stereocenters. The van der Waals surface area contributed by atoms with Crippen molar-refractivity contribution in [3.63, 3.8) is 0 Å². The zero-order chi connectivity index (χ0) is 18.7. The summed E-state index contributed by atoms with van der Waals surface area (Å²) in [6, 6.07) is 6.15. The van der Waals surface area contributed by atoms with E-state index in [0.717, 1.165) is 30.8 Å². The molecule has 1 unspecified atom stereocenters. The first-order valence-electron chi connectivity index (χ1n) is 9.26. The lowest BCUT2D eigenvalue weighted by Crippen LogP contribution is -2.52. The number of benzene rings is 1. The monoisotopic (exact) mass is 380 g/mol. The summed E-state index contributed by atoms with van der Waals surface area (Å²) < 4.78 is 29.0. The van der Waals surface area contributed by atoms with E-state index >= 15 is 0 Å². The van der Waals surface area contributed by atoms with Crippen LogP contribution in [0.2, 0.25) is 0 Å². The van der Waals surface area contributed by atoms with Crippen LogP contribution in [0.5, 0.6) is 5.75 Å². The molecular formula is C19H28N2O4S. The van der Waals surface area contributed by atoms with Crippen LogP contribution in [-0.4, -0.2) is 74.5 Å². The van der Waals surface area contributed by atoms with Gasteiger partial charge in [0.2, 0.25) is 5.91 Å². The number of aryl methyl sites for hydroxylation is 2. The quantitative estimate of drug-likeness (QED) is 0.773. The molecule has 0 radical (unpaired) electrons. The topological polar surface area (TPSA) is 66.9 Å². The molecule has 2 saturated heterocycles. The number of hydrogen-bond acceptors (Lipinski definition) is 5. The molecule has 0 spiro atoms. The number of piperazine rings is 1. The minimum atomic E-state index is -2.86. The minimum absolute atomic E-state index is 0.105. The number of ether oxygens (including phenoxy) is 1. The van der Waals surface area contributed by atoms with Crippen molar-refractivity contribution in [3.05, 3.63) is 29.3 Å². The largest absolute Gasteiger partial charge is 0.493 e. The Bertz CT molecular complexity index is 755. The summed E-state index contributed by atoms with van der Waals surface area (Å²) in [5.41, 5.74) is 2.27. The maximum absolute atomic E-state index is 12.4. The molecule has 2 aliphatic rings. The molecule has 2 heterocycles. The van der Waals surface area contributed by atoms with Gasteiger partial charge in [0, 0.05) is 32.2 Å². The van der Waals surface area contributed by atoms with Crippen molar-refractivity contribution in [2.24, 2.45) is 0 Å². The van der Waals surface area contributed by atoms with Crippen LogP contribution in [0.25, 0.3) is 0 Å². The molecule has 1 aromatic carbocycles. The first-order valence-corrected chi connectivity index (χ1v) is 11.1. The van der Waals surface area contributed by atoms with Gasteiger partial charge in [-0.15, -0.1) is 0 Å². The molecule has 7 heteroatoms. The SMILES string of the molecule is Cc1ccc(OCCC(=O)N2CCN(C3CCS(=O)(=O)C3)CC2)c(C)c1. The van der Waals surface area contributed by atoms with Gasteiger partial charge in [-0.25, -0.2) is 8.42 Å². The fraction of sp³-hybridized carbons (Fsp3) is 0.632. The van der Waals surface area contributed by atoms with Gasteiger partial charge < -0.3 is 9.64 Å². The summed E-state index contributed by atoms with van der Waals surface area (Å²) in [6.07, 6.45) is 1.09. The molecule has 6 nitrogen and oxygen atoms in total. The molecule has 2 aliphatic heterocycles. The summed E-state index contributed by atoms with van der Waals surface area (Å²) in [7, 11) is -2.86. The lowest BCUT2D eigenvalue weighted by atomic mass is 10.1. The fourth-order valence-corrected chi connectivity index (χ4v) is 5.53. The van der Waals surface area contributed by atoms with Crippen LogP contribution in [0.1, 0.15) is 24.0 Å². The lowest BCUT2D eigenvalue weighted by molar-refractivity contribution is -0.133. The highest BCUT2D eigenvalue weighted by atomic mass is 32.2. The predicted molar refractivity (Wildman–Crippen MR) is 101 cm³/mol. The molecule has 0 bridgehead atoms. The second-order valence-electron chi connectivity index (χ2n) is 7.34. The third-order valence-corrected chi connectivity index (χ3v) is 7.05. The number of amides is 1. The molecule has 0 N–H and O–H groups in total. The van der Waals surface area contributed by atoms with Crippen LogP contribution in [0.3, 0.4) is 0 Å². The van der Waals surface area contributed by atoms with Crippen LogP contribution in [0.15, 0.2) is 18.2 Å². The summed E-state index contributed by atoms with van der Waals surface area (Å²) >= 11 is 0. The molecule has 0 aliphatic carbocycles. The van der Waals surface area contributed by atoms with Crippen molar-refractivity contribution in [2.75, 3.05) is 44.3 Å². The van der Waals surface area contributed by atoms with Crippen LogP contribution < -0.4 is 4.74 Å². The molecule has 1 aromatic rings. The van der Waals surface area contributed by atoms with E-state index < -0.39 is 9.84 Å². The van der Waals surface area contributed by atoms with E-state index in [9.17, 15) is 13.2 Å². The van der Waals surface area contributed by atoms with E-state index in [-0.39, 0.29) is 17.7 Å².